The van der Waals surface area contributed by atoms with Crippen molar-refractivity contribution in [2.75, 3.05) is 13.2 Å². The molecule has 0 aromatic heterocycles. The molecule has 0 unspecified atom stereocenters. The van der Waals surface area contributed by atoms with Crippen LogP contribution >= 0.6 is 0 Å². The van der Waals surface area contributed by atoms with Gasteiger partial charge < -0.3 is 34.7 Å². The molecule has 3 N–H and O–H groups in total. The van der Waals surface area contributed by atoms with Crippen molar-refractivity contribution in [3.8, 4) is 28.7 Å². The van der Waals surface area contributed by atoms with E-state index < -0.39 is 5.97 Å². The van der Waals surface area contributed by atoms with E-state index in [1.54, 1.807) is 18.2 Å². The first-order chi connectivity index (χ1) is 17.3. The first-order valence-electron chi connectivity index (χ1n) is 12.1. The Morgan fingerprint density at radius 1 is 0.868 bits per heavy atom. The minimum atomic E-state index is -1.23. The van der Waals surface area contributed by atoms with Crippen molar-refractivity contribution in [3.05, 3.63) is 76.9 Å². The summed E-state index contributed by atoms with van der Waals surface area (Å²) in [5.74, 6) is 1.02. The van der Waals surface area contributed by atoms with E-state index >= 15 is 0 Å². The molecule has 0 aliphatic carbocycles. The number of ketones is 1. The van der Waals surface area contributed by atoms with Crippen molar-refractivity contribution in [1.82, 2.24) is 0 Å². The summed E-state index contributed by atoms with van der Waals surface area (Å²) < 4.78 is 17.7. The summed E-state index contributed by atoms with van der Waals surface area (Å²) in [5.41, 5.74) is 2.28. The number of hydrogen-bond acceptors (Lipinski definition) is 7. The van der Waals surface area contributed by atoms with Crippen LogP contribution in [0.25, 0.3) is 0 Å². The Kier molecular flexibility index (Phi) is 13.9. The van der Waals surface area contributed by atoms with Crippen LogP contribution in [0.4, 0.5) is 0 Å². The summed E-state index contributed by atoms with van der Waals surface area (Å²) in [5, 5.41) is 21.0. The molecule has 0 aliphatic heterocycles. The number of rotatable bonds is 13. The largest absolute Gasteiger partial charge is 1.00 e. The van der Waals surface area contributed by atoms with Gasteiger partial charge in [-0.3, -0.25) is 4.79 Å². The van der Waals surface area contributed by atoms with Gasteiger partial charge in [-0.05, 0) is 85.0 Å². The van der Waals surface area contributed by atoms with E-state index in [2.05, 4.69) is 6.92 Å². The van der Waals surface area contributed by atoms with E-state index in [0.29, 0.717) is 48.9 Å². The Balaban J connectivity index is 0.00000361. The fourth-order valence-electron chi connectivity index (χ4n) is 3.75. The van der Waals surface area contributed by atoms with Crippen molar-refractivity contribution in [2.24, 2.45) is 0 Å². The summed E-state index contributed by atoms with van der Waals surface area (Å²) in [6, 6.07) is 14.9. The predicted octanol–water partition coefficient (Wildman–Crippen LogP) is 1.29. The van der Waals surface area contributed by atoms with E-state index in [-0.39, 0.29) is 52.1 Å². The van der Waals surface area contributed by atoms with E-state index in [0.717, 1.165) is 29.7 Å². The van der Waals surface area contributed by atoms with E-state index in [4.69, 9.17) is 14.2 Å². The van der Waals surface area contributed by atoms with Gasteiger partial charge >= 0.3 is 29.6 Å². The van der Waals surface area contributed by atoms with Gasteiger partial charge in [0.05, 0.1) is 24.7 Å². The number of hydrogen-bond donors (Lipinski definition) is 1. The molecule has 0 saturated heterocycles. The second-order valence-corrected chi connectivity index (χ2v) is 8.37. The second kappa shape index (κ2) is 16.0. The minimum absolute atomic E-state index is 0. The van der Waals surface area contributed by atoms with Crippen LogP contribution in [0.1, 0.15) is 65.5 Å². The van der Waals surface area contributed by atoms with Crippen LogP contribution in [0.2, 0.25) is 0 Å². The number of aromatic carboxylic acids is 1. The molecule has 0 bridgehead atoms. The number of carboxylic acids is 1. The molecule has 0 spiro atoms. The Morgan fingerprint density at radius 3 is 2.08 bits per heavy atom. The van der Waals surface area contributed by atoms with Crippen LogP contribution in [0.15, 0.2) is 54.6 Å². The smallest absolute Gasteiger partial charge is 0.545 e. The van der Waals surface area contributed by atoms with E-state index in [1.807, 2.05) is 25.1 Å². The summed E-state index contributed by atoms with van der Waals surface area (Å²) in [6.07, 6.45) is 3.06. The normalized spacial score (nSPS) is 10.1. The van der Waals surface area contributed by atoms with Crippen LogP contribution in [-0.4, -0.2) is 35.5 Å². The zero-order valence-electron chi connectivity index (χ0n) is 22.3. The average Bonchev–Trinajstić information content (AvgIpc) is 2.85. The third kappa shape index (κ3) is 9.06. The SMILES string of the molecule is CCCc1cc(Oc2ccc(C(=O)[O-])cc2)ccc1OCCCOc1cc(O)c(C(C)=O)cc1CC.O.[Na+]. The maximum absolute atomic E-state index is 11.7. The maximum atomic E-state index is 11.7. The molecule has 3 rings (SSSR count). The Bertz CT molecular complexity index is 1210. The summed E-state index contributed by atoms with van der Waals surface area (Å²) in [4.78, 5) is 22.6. The van der Waals surface area contributed by atoms with Gasteiger partial charge in [0.1, 0.15) is 28.7 Å². The summed E-state index contributed by atoms with van der Waals surface area (Å²) >= 11 is 0. The molecule has 198 valence electrons. The molecule has 8 nitrogen and oxygen atoms in total. The van der Waals surface area contributed by atoms with Crippen molar-refractivity contribution in [1.29, 1.82) is 0 Å². The van der Waals surface area contributed by atoms with Gasteiger partial charge in [0.2, 0.25) is 0 Å². The zero-order valence-corrected chi connectivity index (χ0v) is 24.3. The van der Waals surface area contributed by atoms with Crippen molar-refractivity contribution in [2.45, 2.75) is 46.5 Å². The molecule has 0 amide bonds. The Hall–Kier alpha value is -3.04. The third-order valence-electron chi connectivity index (χ3n) is 5.62. The number of phenolic OH excluding ortho intramolecular Hbond substituents is 1. The van der Waals surface area contributed by atoms with Gasteiger partial charge in [0.25, 0.3) is 0 Å². The minimum Gasteiger partial charge on any atom is -0.545 e. The van der Waals surface area contributed by atoms with Crippen LogP contribution in [0, 0.1) is 0 Å². The number of carbonyl (C=O) groups excluding carboxylic acids is 2. The number of carbonyl (C=O) groups is 2. The first-order valence-corrected chi connectivity index (χ1v) is 12.1. The standard InChI is InChI=1S/C29H32O7.Na.H2O/c1-4-7-22-16-24(36-23-10-8-21(9-11-23)29(32)33)12-13-27(22)34-14-6-15-35-28-18-26(31)25(19(3)30)17-20(28)5-2;;/h8-13,16-18,31H,4-7,14-15H2,1-3H3,(H,32,33);;1H2/q;+1;/p-1. The topological polar surface area (TPSA) is 137 Å². The zero-order chi connectivity index (χ0) is 26.1. The second-order valence-electron chi connectivity index (χ2n) is 8.37. The molecule has 9 heteroatoms. The number of carboxylic acid groups (broad SMARTS) is 1. The van der Waals surface area contributed by atoms with Crippen LogP contribution in [-0.2, 0) is 12.8 Å². The van der Waals surface area contributed by atoms with Crippen LogP contribution in [0.3, 0.4) is 0 Å². The fraction of sp³-hybridized carbons (Fsp3) is 0.310. The van der Waals surface area contributed by atoms with Crippen molar-refractivity contribution in [3.63, 3.8) is 0 Å². The summed E-state index contributed by atoms with van der Waals surface area (Å²) in [6.45, 7) is 6.33. The molecular weight excluding hydrogens is 499 g/mol. The molecule has 0 fully saturated rings. The van der Waals surface area contributed by atoms with Crippen molar-refractivity contribution >= 4 is 11.8 Å². The van der Waals surface area contributed by atoms with Gasteiger partial charge in [0.15, 0.2) is 5.78 Å². The number of Topliss-reactive ketones (excluding diaryl/α,β-unsaturated/α-hetero) is 1. The molecule has 0 radical (unpaired) electrons. The van der Waals surface area contributed by atoms with Gasteiger partial charge in [-0.2, -0.15) is 0 Å². The van der Waals surface area contributed by atoms with Crippen LogP contribution < -0.4 is 48.9 Å². The number of aromatic hydroxyl groups is 1. The third-order valence-corrected chi connectivity index (χ3v) is 5.62. The summed E-state index contributed by atoms with van der Waals surface area (Å²) in [7, 11) is 0. The maximum Gasteiger partial charge on any atom is 1.00 e. The molecule has 38 heavy (non-hydrogen) atoms. The molecule has 3 aromatic rings. The number of ether oxygens (including phenoxy) is 3. The number of benzene rings is 3. The van der Waals surface area contributed by atoms with Gasteiger partial charge in [-0.15, -0.1) is 0 Å². The molecule has 3 aromatic carbocycles. The average molecular weight is 533 g/mol. The number of aryl methyl sites for hydroxylation is 2. The Labute approximate surface area is 245 Å². The van der Waals surface area contributed by atoms with Gasteiger partial charge in [-0.25, -0.2) is 0 Å². The number of phenols is 1. The Morgan fingerprint density at radius 2 is 1.50 bits per heavy atom. The van der Waals surface area contributed by atoms with Crippen molar-refractivity contribution < 1.29 is 69.0 Å². The molecular formula is C29H33NaO8. The van der Waals surface area contributed by atoms with Crippen LogP contribution in [0.5, 0.6) is 28.7 Å². The predicted molar refractivity (Wildman–Crippen MR) is 138 cm³/mol. The fourth-order valence-corrected chi connectivity index (χ4v) is 3.75. The van der Waals surface area contributed by atoms with Gasteiger partial charge in [-0.1, -0.05) is 20.3 Å². The van der Waals surface area contributed by atoms with E-state index in [9.17, 15) is 19.8 Å². The molecule has 0 heterocycles. The van der Waals surface area contributed by atoms with Gasteiger partial charge in [0, 0.05) is 12.5 Å². The molecule has 0 atom stereocenters. The monoisotopic (exact) mass is 532 g/mol. The quantitative estimate of drug-likeness (QED) is 0.199. The van der Waals surface area contributed by atoms with E-state index in [1.165, 1.54) is 25.1 Å². The molecule has 0 aliphatic rings. The first kappa shape index (κ1) is 33.0. The molecule has 0 saturated carbocycles.